The third-order valence-corrected chi connectivity index (χ3v) is 3.73. The van der Waals surface area contributed by atoms with Gasteiger partial charge in [-0.2, -0.15) is 8.78 Å². The van der Waals surface area contributed by atoms with E-state index in [1.54, 1.807) is 18.2 Å². The van der Waals surface area contributed by atoms with Crippen molar-refractivity contribution in [3.8, 4) is 0 Å². The zero-order valence-corrected chi connectivity index (χ0v) is 11.4. The van der Waals surface area contributed by atoms with Gasteiger partial charge in [0.05, 0.1) is 6.54 Å². The van der Waals surface area contributed by atoms with E-state index < -0.39 is 5.92 Å². The highest BCUT2D eigenvalue weighted by Crippen LogP contribution is 2.31. The van der Waals surface area contributed by atoms with Crippen molar-refractivity contribution in [2.75, 3.05) is 26.2 Å². The Morgan fingerprint density at radius 3 is 2.74 bits per heavy atom. The summed E-state index contributed by atoms with van der Waals surface area (Å²) in [6.45, 7) is 4.34. The van der Waals surface area contributed by atoms with Crippen LogP contribution >= 0.6 is 0 Å². The molecule has 1 aromatic rings. The Labute approximate surface area is 113 Å². The van der Waals surface area contributed by atoms with E-state index in [-0.39, 0.29) is 18.2 Å². The van der Waals surface area contributed by atoms with Gasteiger partial charge in [0.25, 0.3) is 5.92 Å². The molecule has 0 aliphatic carbocycles. The molecule has 2 nitrogen and oxygen atoms in total. The lowest BCUT2D eigenvalue weighted by Gasteiger charge is -2.29. The molecule has 4 heteroatoms. The topological polar surface area (TPSA) is 15.3 Å². The maximum atomic E-state index is 14.2. The molecule has 1 heterocycles. The van der Waals surface area contributed by atoms with Gasteiger partial charge in [0, 0.05) is 18.2 Å². The van der Waals surface area contributed by atoms with Crippen molar-refractivity contribution in [3.63, 3.8) is 0 Å². The monoisotopic (exact) mass is 268 g/mol. The molecule has 1 aliphatic heterocycles. The maximum absolute atomic E-state index is 14.2. The summed E-state index contributed by atoms with van der Waals surface area (Å²) in [6.07, 6.45) is 2.03. The Morgan fingerprint density at radius 1 is 1.32 bits per heavy atom. The van der Waals surface area contributed by atoms with E-state index in [1.807, 2.05) is 11.8 Å². The van der Waals surface area contributed by atoms with Crippen LogP contribution in [0.2, 0.25) is 0 Å². The Bertz CT molecular complexity index is 381. The Kier molecular flexibility index (Phi) is 4.88. The molecule has 1 aliphatic rings. The molecule has 1 fully saturated rings. The van der Waals surface area contributed by atoms with Gasteiger partial charge in [-0.15, -0.1) is 0 Å². The number of nitrogens with one attached hydrogen (secondary N) is 1. The highest BCUT2D eigenvalue weighted by atomic mass is 19.3. The number of likely N-dealkylation sites (tertiary alicyclic amines) is 1. The van der Waals surface area contributed by atoms with Crippen molar-refractivity contribution in [2.45, 2.75) is 31.7 Å². The lowest BCUT2D eigenvalue weighted by molar-refractivity contribution is -0.0407. The van der Waals surface area contributed by atoms with Gasteiger partial charge in [0.2, 0.25) is 0 Å². The van der Waals surface area contributed by atoms with Gasteiger partial charge >= 0.3 is 0 Å². The van der Waals surface area contributed by atoms with E-state index in [1.165, 1.54) is 12.1 Å². The molecule has 0 radical (unpaired) electrons. The van der Waals surface area contributed by atoms with Crippen LogP contribution < -0.4 is 5.32 Å². The van der Waals surface area contributed by atoms with Crippen LogP contribution in [0.15, 0.2) is 30.3 Å². The van der Waals surface area contributed by atoms with Crippen LogP contribution in [0.4, 0.5) is 8.78 Å². The number of benzene rings is 1. The third-order valence-electron chi connectivity index (χ3n) is 3.73. The normalized spacial score (nSPS) is 20.9. The molecule has 1 unspecified atom stereocenters. The van der Waals surface area contributed by atoms with E-state index >= 15 is 0 Å². The summed E-state index contributed by atoms with van der Waals surface area (Å²) >= 11 is 0. The number of hydrogen-bond donors (Lipinski definition) is 1. The zero-order chi connectivity index (χ0) is 13.7. The SMILES string of the molecule is CCNCC1CCCN1CC(F)(F)c1ccccc1. The van der Waals surface area contributed by atoms with Crippen molar-refractivity contribution in [1.82, 2.24) is 10.2 Å². The number of halogens is 2. The van der Waals surface area contributed by atoms with E-state index in [9.17, 15) is 8.78 Å². The summed E-state index contributed by atoms with van der Waals surface area (Å²) in [5.41, 5.74) is 0.115. The summed E-state index contributed by atoms with van der Waals surface area (Å²) < 4.78 is 28.5. The third kappa shape index (κ3) is 3.74. The van der Waals surface area contributed by atoms with Gasteiger partial charge in [-0.1, -0.05) is 37.3 Å². The van der Waals surface area contributed by atoms with Gasteiger partial charge in [0.15, 0.2) is 0 Å². The van der Waals surface area contributed by atoms with Crippen molar-refractivity contribution in [2.24, 2.45) is 0 Å². The molecule has 0 amide bonds. The van der Waals surface area contributed by atoms with Crippen molar-refractivity contribution < 1.29 is 8.78 Å². The molecule has 106 valence electrons. The fourth-order valence-corrected chi connectivity index (χ4v) is 2.67. The number of nitrogens with zero attached hydrogens (tertiary/aromatic N) is 1. The van der Waals surface area contributed by atoms with Crippen LogP contribution in [-0.4, -0.2) is 37.1 Å². The summed E-state index contributed by atoms with van der Waals surface area (Å²) in [4.78, 5) is 1.93. The van der Waals surface area contributed by atoms with Crippen LogP contribution in [0.25, 0.3) is 0 Å². The minimum Gasteiger partial charge on any atom is -0.315 e. The molecule has 1 saturated heterocycles. The van der Waals surface area contributed by atoms with Crippen molar-refractivity contribution in [1.29, 1.82) is 0 Å². The quantitative estimate of drug-likeness (QED) is 0.853. The first-order valence-corrected chi connectivity index (χ1v) is 7.01. The molecule has 0 bridgehead atoms. The number of alkyl halides is 2. The highest BCUT2D eigenvalue weighted by molar-refractivity contribution is 5.20. The molecule has 0 spiro atoms. The largest absolute Gasteiger partial charge is 0.315 e. The molecule has 1 N–H and O–H groups in total. The predicted molar refractivity (Wildman–Crippen MR) is 73.5 cm³/mol. The van der Waals surface area contributed by atoms with Gasteiger partial charge < -0.3 is 5.32 Å². The molecule has 1 atom stereocenters. The summed E-state index contributed by atoms with van der Waals surface area (Å²) in [5, 5.41) is 3.26. The van der Waals surface area contributed by atoms with Gasteiger partial charge in [-0.05, 0) is 25.9 Å². The Morgan fingerprint density at radius 2 is 2.05 bits per heavy atom. The zero-order valence-electron chi connectivity index (χ0n) is 11.4. The molecular formula is C15H22F2N2. The fraction of sp³-hybridized carbons (Fsp3) is 0.600. The molecule has 19 heavy (non-hydrogen) atoms. The Hall–Kier alpha value is -1.00. The van der Waals surface area contributed by atoms with E-state index in [2.05, 4.69) is 5.32 Å². The van der Waals surface area contributed by atoms with Crippen LogP contribution in [0, 0.1) is 0 Å². The standard InChI is InChI=1S/C15H22F2N2/c1-2-18-11-14-9-6-10-19(14)12-15(16,17)13-7-4-3-5-8-13/h3-5,7-8,14,18H,2,6,9-12H2,1H3. The van der Waals surface area contributed by atoms with E-state index in [4.69, 9.17) is 0 Å². The minimum absolute atomic E-state index is 0.115. The lowest BCUT2D eigenvalue weighted by Crippen LogP contribution is -2.43. The Balaban J connectivity index is 1.99. The average Bonchev–Trinajstić information content (AvgIpc) is 2.84. The number of rotatable bonds is 6. The first-order chi connectivity index (χ1) is 9.13. The highest BCUT2D eigenvalue weighted by Gasteiger charge is 2.37. The van der Waals surface area contributed by atoms with Gasteiger partial charge in [0.1, 0.15) is 0 Å². The van der Waals surface area contributed by atoms with Gasteiger partial charge in [-0.3, -0.25) is 4.90 Å². The van der Waals surface area contributed by atoms with Gasteiger partial charge in [-0.25, -0.2) is 0 Å². The summed E-state index contributed by atoms with van der Waals surface area (Å²) in [6, 6.07) is 8.37. The molecule has 0 aromatic heterocycles. The molecule has 2 rings (SSSR count). The molecular weight excluding hydrogens is 246 g/mol. The molecule has 1 aromatic carbocycles. The fourth-order valence-electron chi connectivity index (χ4n) is 2.67. The van der Waals surface area contributed by atoms with Crippen LogP contribution in [-0.2, 0) is 5.92 Å². The van der Waals surface area contributed by atoms with Crippen LogP contribution in [0.3, 0.4) is 0 Å². The summed E-state index contributed by atoms with van der Waals surface area (Å²) in [5.74, 6) is -2.77. The maximum Gasteiger partial charge on any atom is 0.285 e. The van der Waals surface area contributed by atoms with E-state index in [0.717, 1.165) is 32.5 Å². The average molecular weight is 268 g/mol. The second-order valence-corrected chi connectivity index (χ2v) is 5.14. The predicted octanol–water partition coefficient (Wildman–Crippen LogP) is 2.85. The first-order valence-electron chi connectivity index (χ1n) is 7.01. The lowest BCUT2D eigenvalue weighted by atomic mass is 10.1. The smallest absolute Gasteiger partial charge is 0.285 e. The molecule has 0 saturated carbocycles. The van der Waals surface area contributed by atoms with E-state index in [0.29, 0.717) is 0 Å². The van der Waals surface area contributed by atoms with Crippen molar-refractivity contribution in [3.05, 3.63) is 35.9 Å². The second kappa shape index (κ2) is 6.44. The summed E-state index contributed by atoms with van der Waals surface area (Å²) in [7, 11) is 0. The van der Waals surface area contributed by atoms with Crippen LogP contribution in [0.5, 0.6) is 0 Å². The minimum atomic E-state index is -2.77. The van der Waals surface area contributed by atoms with Crippen molar-refractivity contribution >= 4 is 0 Å². The first kappa shape index (κ1) is 14.4. The number of hydrogen-bond acceptors (Lipinski definition) is 2. The van der Waals surface area contributed by atoms with Crippen LogP contribution in [0.1, 0.15) is 25.3 Å². The number of likely N-dealkylation sites (N-methyl/N-ethyl adjacent to an activating group) is 1. The second-order valence-electron chi connectivity index (χ2n) is 5.14.